The lowest BCUT2D eigenvalue weighted by Gasteiger charge is -2.27. The minimum atomic E-state index is -1.22. The van der Waals surface area contributed by atoms with Crippen LogP contribution in [-0.4, -0.2) is 41.9 Å². The first-order chi connectivity index (χ1) is 12.8. The Bertz CT molecular complexity index is 810. The zero-order valence-corrected chi connectivity index (χ0v) is 17.3. The molecule has 3 rings (SSSR count). The van der Waals surface area contributed by atoms with Crippen LogP contribution in [0, 0.1) is 12.5 Å². The minimum Gasteiger partial charge on any atom is -0.381 e. The highest BCUT2D eigenvalue weighted by molar-refractivity contribution is 6.76. The van der Waals surface area contributed by atoms with Crippen molar-refractivity contribution in [1.29, 1.82) is 0 Å². The van der Waals surface area contributed by atoms with E-state index >= 15 is 0 Å². The van der Waals surface area contributed by atoms with E-state index in [1.165, 1.54) is 15.5 Å². The normalized spacial score (nSPS) is 18.2. The number of ether oxygens (including phenoxy) is 2. The van der Waals surface area contributed by atoms with Crippen LogP contribution in [0.15, 0.2) is 10.7 Å². The molecule has 0 bridgehead atoms. The third-order valence-electron chi connectivity index (χ3n) is 5.06. The molecule has 0 amide bonds. The summed E-state index contributed by atoms with van der Waals surface area (Å²) in [5.41, 5.74) is 1.14. The molecule has 0 atom stereocenters. The van der Waals surface area contributed by atoms with Crippen LogP contribution < -0.4 is 5.69 Å². The van der Waals surface area contributed by atoms with Gasteiger partial charge in [-0.3, -0.25) is 14.0 Å². The Labute approximate surface area is 160 Å². The highest BCUT2D eigenvalue weighted by Crippen LogP contribution is 2.29. The molecule has 0 radical (unpaired) electrons. The number of terminal acetylenes is 1. The molecule has 2 aliphatic rings. The number of hydrogen-bond donors (Lipinski definition) is 0. The zero-order chi connectivity index (χ0) is 19.6. The summed E-state index contributed by atoms with van der Waals surface area (Å²) in [7, 11) is -1.22. The lowest BCUT2D eigenvalue weighted by molar-refractivity contribution is 0.0652. The van der Waals surface area contributed by atoms with Gasteiger partial charge < -0.3 is 9.47 Å². The van der Waals surface area contributed by atoms with Gasteiger partial charge in [-0.15, -0.1) is 0 Å². The van der Waals surface area contributed by atoms with E-state index in [9.17, 15) is 9.18 Å². The number of halogens is 1. The van der Waals surface area contributed by atoms with Gasteiger partial charge in [0, 0.05) is 46.1 Å². The number of fused-ring (bicyclic) bond motifs is 1. The van der Waals surface area contributed by atoms with Crippen molar-refractivity contribution in [1.82, 2.24) is 14.0 Å². The average molecular weight is 394 g/mol. The van der Waals surface area contributed by atoms with E-state index in [1.807, 2.05) is 0 Å². The van der Waals surface area contributed by atoms with Crippen LogP contribution >= 0.6 is 0 Å². The number of hydrogen-bond acceptors (Lipinski definition) is 4. The second kappa shape index (κ2) is 8.05. The highest BCUT2D eigenvalue weighted by atomic mass is 28.3. The SMILES string of the molecule is C#CN1Cc2c(n(COCC[Si](C)(C)C)c(=O)n2C2CCOCC2)C=C1F. The maximum absolute atomic E-state index is 14.3. The van der Waals surface area contributed by atoms with E-state index in [4.69, 9.17) is 15.9 Å². The van der Waals surface area contributed by atoms with Crippen molar-refractivity contribution in [2.45, 2.75) is 57.8 Å². The standard InChI is InChI=1S/C19H28FN3O3Si/c1-5-21-13-17-16(12-18(21)20)22(14-26-10-11-27(2,3)4)19(24)23(17)15-6-8-25-9-7-15/h1,12,15H,6-11,13-14H2,2-4H3. The highest BCUT2D eigenvalue weighted by Gasteiger charge is 2.30. The molecule has 1 aromatic heterocycles. The predicted octanol–water partition coefficient (Wildman–Crippen LogP) is 2.99. The lowest BCUT2D eigenvalue weighted by atomic mass is 10.1. The van der Waals surface area contributed by atoms with Crippen molar-refractivity contribution >= 4 is 14.1 Å². The maximum atomic E-state index is 14.3. The molecular formula is C19H28FN3O3Si. The van der Waals surface area contributed by atoms with E-state index in [0.717, 1.165) is 24.6 Å². The number of nitrogens with zero attached hydrogens (tertiary/aromatic N) is 3. The summed E-state index contributed by atoms with van der Waals surface area (Å²) in [6.45, 7) is 8.97. The van der Waals surface area contributed by atoms with Gasteiger partial charge in [-0.2, -0.15) is 4.39 Å². The molecule has 148 valence electrons. The van der Waals surface area contributed by atoms with Crippen molar-refractivity contribution in [3.63, 3.8) is 0 Å². The molecule has 0 aromatic carbocycles. The predicted molar refractivity (Wildman–Crippen MR) is 105 cm³/mol. The average Bonchev–Trinajstić information content (AvgIpc) is 2.88. The van der Waals surface area contributed by atoms with Gasteiger partial charge in [0.1, 0.15) is 6.73 Å². The second-order valence-electron chi connectivity index (χ2n) is 8.29. The molecule has 1 fully saturated rings. The van der Waals surface area contributed by atoms with Crippen LogP contribution in [0.3, 0.4) is 0 Å². The Morgan fingerprint density at radius 3 is 2.70 bits per heavy atom. The van der Waals surface area contributed by atoms with Gasteiger partial charge in [0.15, 0.2) is 0 Å². The first-order valence-electron chi connectivity index (χ1n) is 9.42. The van der Waals surface area contributed by atoms with Gasteiger partial charge >= 0.3 is 5.69 Å². The molecule has 0 N–H and O–H groups in total. The van der Waals surface area contributed by atoms with Gasteiger partial charge in [0.05, 0.1) is 17.9 Å². The van der Waals surface area contributed by atoms with Crippen molar-refractivity contribution in [2.75, 3.05) is 19.8 Å². The molecule has 0 spiro atoms. The smallest absolute Gasteiger partial charge is 0.331 e. The fourth-order valence-electron chi connectivity index (χ4n) is 3.45. The zero-order valence-electron chi connectivity index (χ0n) is 16.3. The summed E-state index contributed by atoms with van der Waals surface area (Å²) in [5.74, 6) is -0.523. The second-order valence-corrected chi connectivity index (χ2v) is 13.9. The van der Waals surface area contributed by atoms with E-state index < -0.39 is 14.0 Å². The molecule has 8 heteroatoms. The van der Waals surface area contributed by atoms with Gasteiger partial charge in [-0.25, -0.2) is 4.79 Å². The van der Waals surface area contributed by atoms with Crippen molar-refractivity contribution < 1.29 is 13.9 Å². The quantitative estimate of drug-likeness (QED) is 0.323. The molecule has 1 saturated heterocycles. The Morgan fingerprint density at radius 1 is 1.37 bits per heavy atom. The molecule has 3 heterocycles. The summed E-state index contributed by atoms with van der Waals surface area (Å²) in [5, 5.41) is 0. The van der Waals surface area contributed by atoms with Crippen LogP contribution in [-0.2, 0) is 22.7 Å². The van der Waals surface area contributed by atoms with Gasteiger partial charge in [-0.1, -0.05) is 26.1 Å². The Hall–Kier alpha value is -1.82. The van der Waals surface area contributed by atoms with Crippen molar-refractivity contribution in [2.24, 2.45) is 0 Å². The number of rotatable bonds is 6. The van der Waals surface area contributed by atoms with Gasteiger partial charge in [-0.05, 0) is 18.9 Å². The Morgan fingerprint density at radius 2 is 2.07 bits per heavy atom. The molecule has 0 unspecified atom stereocenters. The van der Waals surface area contributed by atoms with Crippen molar-refractivity contribution in [3.05, 3.63) is 27.8 Å². The minimum absolute atomic E-state index is 0.0393. The fourth-order valence-corrected chi connectivity index (χ4v) is 4.21. The summed E-state index contributed by atoms with van der Waals surface area (Å²) in [4.78, 5) is 14.3. The summed E-state index contributed by atoms with van der Waals surface area (Å²) in [6.07, 6.45) is 8.29. The van der Waals surface area contributed by atoms with Crippen molar-refractivity contribution in [3.8, 4) is 12.5 Å². The monoisotopic (exact) mass is 393 g/mol. The summed E-state index contributed by atoms with van der Waals surface area (Å²) in [6, 6.07) is 3.39. The summed E-state index contributed by atoms with van der Waals surface area (Å²) < 4.78 is 28.8. The first kappa shape index (κ1) is 19.9. The van der Waals surface area contributed by atoms with E-state index in [0.29, 0.717) is 25.5 Å². The summed E-state index contributed by atoms with van der Waals surface area (Å²) >= 11 is 0. The third-order valence-corrected chi connectivity index (χ3v) is 6.77. The van der Waals surface area contributed by atoms with Crippen LogP contribution in [0.2, 0.25) is 25.7 Å². The molecule has 6 nitrogen and oxygen atoms in total. The van der Waals surface area contributed by atoms with Crippen LogP contribution in [0.5, 0.6) is 0 Å². The largest absolute Gasteiger partial charge is 0.381 e. The molecular weight excluding hydrogens is 365 g/mol. The molecule has 0 aliphatic carbocycles. The molecule has 27 heavy (non-hydrogen) atoms. The van der Waals surface area contributed by atoms with Crippen LogP contribution in [0.4, 0.5) is 4.39 Å². The van der Waals surface area contributed by atoms with Gasteiger partial charge in [0.25, 0.3) is 0 Å². The van der Waals surface area contributed by atoms with Gasteiger partial charge in [0.2, 0.25) is 5.95 Å². The topological polar surface area (TPSA) is 48.6 Å². The van der Waals surface area contributed by atoms with E-state index in [2.05, 4.69) is 25.7 Å². The van der Waals surface area contributed by atoms with E-state index in [-0.39, 0.29) is 25.0 Å². The lowest BCUT2D eigenvalue weighted by Crippen LogP contribution is -2.33. The Kier molecular flexibility index (Phi) is 5.94. The Balaban J connectivity index is 1.91. The number of aromatic nitrogens is 2. The molecule has 2 aliphatic heterocycles. The van der Waals surface area contributed by atoms with Crippen LogP contribution in [0.25, 0.3) is 6.08 Å². The number of imidazole rings is 1. The molecule has 1 aromatic rings. The van der Waals surface area contributed by atoms with E-state index in [1.54, 1.807) is 4.57 Å². The maximum Gasteiger partial charge on any atom is 0.331 e. The fraction of sp³-hybridized carbons (Fsp3) is 0.632. The third kappa shape index (κ3) is 4.37. The van der Waals surface area contributed by atoms with Crippen LogP contribution in [0.1, 0.15) is 30.3 Å². The molecule has 0 saturated carbocycles. The first-order valence-corrected chi connectivity index (χ1v) is 13.1.